The number of hydrogen-bond acceptors (Lipinski definition) is 5. The van der Waals surface area contributed by atoms with Gasteiger partial charge in [0.15, 0.2) is 0 Å². The lowest BCUT2D eigenvalue weighted by molar-refractivity contribution is -0.140. The molecule has 0 bridgehead atoms. The highest BCUT2D eigenvalue weighted by Gasteiger charge is 2.47. The molecular weight excluding hydrogens is 406 g/mol. The van der Waals surface area contributed by atoms with Crippen LogP contribution >= 0.6 is 0 Å². The molecule has 0 saturated carbocycles. The quantitative estimate of drug-likeness (QED) is 0.374. The SMILES string of the molecule is Cc1ccc([C@@H]2C(=C(O)c3ccc4c(c3)C[C@H](C)O4)C(=O)C(=O)N2Cc2ccccc2)o1. The molecule has 6 nitrogen and oxygen atoms in total. The van der Waals surface area contributed by atoms with Gasteiger partial charge in [-0.25, -0.2) is 0 Å². The Morgan fingerprint density at radius 3 is 2.59 bits per heavy atom. The number of amides is 1. The Morgan fingerprint density at radius 1 is 1.09 bits per heavy atom. The number of furan rings is 1. The maximum atomic E-state index is 13.1. The molecule has 1 N–H and O–H groups in total. The van der Waals surface area contributed by atoms with Crippen molar-refractivity contribution in [1.82, 2.24) is 4.90 Å². The van der Waals surface area contributed by atoms with Crippen molar-refractivity contribution in [3.8, 4) is 5.75 Å². The minimum Gasteiger partial charge on any atom is -0.507 e. The number of ether oxygens (including phenoxy) is 1. The molecule has 1 saturated heterocycles. The lowest BCUT2D eigenvalue weighted by Crippen LogP contribution is -2.29. The van der Waals surface area contributed by atoms with Crippen molar-refractivity contribution in [3.63, 3.8) is 0 Å². The summed E-state index contributed by atoms with van der Waals surface area (Å²) < 4.78 is 11.6. The van der Waals surface area contributed by atoms with Gasteiger partial charge >= 0.3 is 0 Å². The maximum Gasteiger partial charge on any atom is 0.296 e. The second-order valence-electron chi connectivity index (χ2n) is 8.32. The number of Topliss-reactive ketones (excluding diaryl/α,β-unsaturated/α-hetero) is 1. The van der Waals surface area contributed by atoms with Gasteiger partial charge in [0, 0.05) is 18.5 Å². The first-order chi connectivity index (χ1) is 15.4. The maximum absolute atomic E-state index is 13.1. The van der Waals surface area contributed by atoms with Crippen LogP contribution in [0, 0.1) is 6.92 Å². The van der Waals surface area contributed by atoms with E-state index in [9.17, 15) is 14.7 Å². The van der Waals surface area contributed by atoms with E-state index in [2.05, 4.69) is 0 Å². The Balaban J connectivity index is 1.62. The molecule has 2 aromatic carbocycles. The number of aryl methyl sites for hydroxylation is 1. The highest BCUT2D eigenvalue weighted by Crippen LogP contribution is 2.41. The van der Waals surface area contributed by atoms with Gasteiger partial charge in [-0.2, -0.15) is 0 Å². The first-order valence-corrected chi connectivity index (χ1v) is 10.6. The number of aliphatic hydroxyl groups excluding tert-OH is 1. The van der Waals surface area contributed by atoms with Gasteiger partial charge in [-0.05, 0) is 55.3 Å². The van der Waals surface area contributed by atoms with E-state index in [0.29, 0.717) is 17.1 Å². The molecule has 5 rings (SSSR count). The van der Waals surface area contributed by atoms with E-state index in [4.69, 9.17) is 9.15 Å². The molecule has 3 aromatic rings. The number of likely N-dealkylation sites (tertiary alicyclic amines) is 1. The fraction of sp³-hybridized carbons (Fsp3) is 0.231. The number of carbonyl (C=O) groups excluding carboxylic acids is 2. The summed E-state index contributed by atoms with van der Waals surface area (Å²) >= 11 is 0. The van der Waals surface area contributed by atoms with E-state index in [1.165, 1.54) is 4.90 Å². The number of hydrogen-bond donors (Lipinski definition) is 1. The number of ketones is 1. The third kappa shape index (κ3) is 3.38. The molecule has 0 spiro atoms. The van der Waals surface area contributed by atoms with Crippen molar-refractivity contribution >= 4 is 17.4 Å². The molecule has 6 heteroatoms. The van der Waals surface area contributed by atoms with Crippen LogP contribution in [0.25, 0.3) is 5.76 Å². The van der Waals surface area contributed by atoms with E-state index in [0.717, 1.165) is 23.3 Å². The third-order valence-corrected chi connectivity index (χ3v) is 5.94. The van der Waals surface area contributed by atoms with Crippen molar-refractivity contribution in [3.05, 3.63) is 94.4 Å². The first-order valence-electron chi connectivity index (χ1n) is 10.6. The largest absolute Gasteiger partial charge is 0.507 e. The number of nitrogens with zero attached hydrogens (tertiary/aromatic N) is 1. The highest BCUT2D eigenvalue weighted by molar-refractivity contribution is 6.46. The summed E-state index contributed by atoms with van der Waals surface area (Å²) in [6.45, 7) is 4.00. The number of aliphatic hydroxyl groups is 1. The number of benzene rings is 2. The fourth-order valence-corrected chi connectivity index (χ4v) is 4.44. The molecule has 0 aliphatic carbocycles. The van der Waals surface area contributed by atoms with Gasteiger partial charge in [0.25, 0.3) is 11.7 Å². The van der Waals surface area contributed by atoms with Gasteiger partial charge in [0.1, 0.15) is 35.2 Å². The van der Waals surface area contributed by atoms with Gasteiger partial charge in [-0.3, -0.25) is 9.59 Å². The van der Waals surface area contributed by atoms with Crippen LogP contribution in [0.2, 0.25) is 0 Å². The molecule has 3 heterocycles. The van der Waals surface area contributed by atoms with Crippen LogP contribution < -0.4 is 4.74 Å². The predicted molar refractivity (Wildman–Crippen MR) is 118 cm³/mol. The van der Waals surface area contributed by atoms with Gasteiger partial charge in [-0.1, -0.05) is 30.3 Å². The number of carbonyl (C=O) groups is 2. The van der Waals surface area contributed by atoms with Crippen LogP contribution in [0.3, 0.4) is 0 Å². The predicted octanol–water partition coefficient (Wildman–Crippen LogP) is 4.53. The monoisotopic (exact) mass is 429 g/mol. The van der Waals surface area contributed by atoms with Crippen molar-refractivity contribution in [2.45, 2.75) is 39.0 Å². The van der Waals surface area contributed by atoms with Crippen molar-refractivity contribution < 1.29 is 23.8 Å². The highest BCUT2D eigenvalue weighted by atomic mass is 16.5. The van der Waals surface area contributed by atoms with Crippen molar-refractivity contribution in [2.75, 3.05) is 0 Å². The van der Waals surface area contributed by atoms with Crippen molar-refractivity contribution in [1.29, 1.82) is 0 Å². The third-order valence-electron chi connectivity index (χ3n) is 5.94. The fourth-order valence-electron chi connectivity index (χ4n) is 4.44. The van der Waals surface area contributed by atoms with E-state index in [-0.39, 0.29) is 24.0 Å². The Labute approximate surface area is 185 Å². The number of rotatable bonds is 4. The molecule has 2 aliphatic rings. The smallest absolute Gasteiger partial charge is 0.296 e. The molecule has 2 aliphatic heterocycles. The van der Waals surface area contributed by atoms with E-state index in [1.54, 1.807) is 31.2 Å². The second kappa shape index (κ2) is 7.71. The zero-order valence-electron chi connectivity index (χ0n) is 17.9. The minimum atomic E-state index is -0.813. The second-order valence-corrected chi connectivity index (χ2v) is 8.32. The molecule has 0 radical (unpaired) electrons. The molecule has 2 atom stereocenters. The summed E-state index contributed by atoms with van der Waals surface area (Å²) in [7, 11) is 0. The van der Waals surface area contributed by atoms with E-state index >= 15 is 0 Å². The molecule has 1 amide bonds. The molecule has 1 aromatic heterocycles. The molecule has 0 unspecified atom stereocenters. The van der Waals surface area contributed by atoms with Gasteiger partial charge in [0.2, 0.25) is 0 Å². The first kappa shape index (κ1) is 20.1. The molecule has 162 valence electrons. The summed E-state index contributed by atoms with van der Waals surface area (Å²) in [5, 5.41) is 11.2. The van der Waals surface area contributed by atoms with Gasteiger partial charge < -0.3 is 19.2 Å². The standard InChI is InChI=1S/C26H23NO5/c1-15-8-10-21(31-15)23-22(24(28)18-9-11-20-19(13-18)12-16(2)32-20)25(29)26(30)27(23)14-17-6-4-3-5-7-17/h3-11,13,16,23,28H,12,14H2,1-2H3/t16-,23+/m0/s1. The lowest BCUT2D eigenvalue weighted by Gasteiger charge is -2.23. The number of fused-ring (bicyclic) bond motifs is 1. The van der Waals surface area contributed by atoms with Crippen LogP contribution in [0.4, 0.5) is 0 Å². The van der Waals surface area contributed by atoms with Crippen LogP contribution in [-0.2, 0) is 22.6 Å². The van der Waals surface area contributed by atoms with Crippen LogP contribution in [0.15, 0.2) is 70.7 Å². The average Bonchev–Trinajstić information content (AvgIpc) is 3.44. The Hall–Kier alpha value is -3.80. The zero-order valence-corrected chi connectivity index (χ0v) is 17.9. The topological polar surface area (TPSA) is 80.0 Å². The van der Waals surface area contributed by atoms with Gasteiger partial charge in [-0.15, -0.1) is 0 Å². The summed E-state index contributed by atoms with van der Waals surface area (Å²) in [4.78, 5) is 27.6. The van der Waals surface area contributed by atoms with Gasteiger partial charge in [0.05, 0.1) is 5.57 Å². The Morgan fingerprint density at radius 2 is 1.88 bits per heavy atom. The zero-order chi connectivity index (χ0) is 22.4. The van der Waals surface area contributed by atoms with Crippen LogP contribution in [0.1, 0.15) is 41.2 Å². The minimum absolute atomic E-state index is 0.0344. The summed E-state index contributed by atoms with van der Waals surface area (Å²) in [6.07, 6.45) is 0.782. The average molecular weight is 429 g/mol. The van der Waals surface area contributed by atoms with Crippen LogP contribution in [0.5, 0.6) is 5.75 Å². The summed E-state index contributed by atoms with van der Waals surface area (Å²) in [5.74, 6) is 0.290. The lowest BCUT2D eigenvalue weighted by atomic mass is 9.97. The van der Waals surface area contributed by atoms with Crippen LogP contribution in [-0.4, -0.2) is 27.8 Å². The Kier molecular flexibility index (Phi) is 4.85. The molecule has 32 heavy (non-hydrogen) atoms. The molecular formula is C26H23NO5. The summed E-state index contributed by atoms with van der Waals surface area (Å²) in [5.41, 5.74) is 2.36. The normalized spacial score (nSPS) is 21.6. The van der Waals surface area contributed by atoms with E-state index in [1.807, 2.05) is 43.3 Å². The molecule has 1 fully saturated rings. The van der Waals surface area contributed by atoms with Crippen molar-refractivity contribution in [2.24, 2.45) is 0 Å². The summed E-state index contributed by atoms with van der Waals surface area (Å²) in [6, 6.07) is 17.5. The Bertz CT molecular complexity index is 1240. The van der Waals surface area contributed by atoms with E-state index < -0.39 is 17.7 Å².